The molecule has 0 unspecified atom stereocenters. The molecule has 156 valence electrons. The van der Waals surface area contributed by atoms with Gasteiger partial charge in [-0.3, -0.25) is 4.90 Å². The second kappa shape index (κ2) is 7.74. The minimum atomic E-state index is -1.14. The summed E-state index contributed by atoms with van der Waals surface area (Å²) in [6.45, 7) is 0.830. The maximum Gasteiger partial charge on any atom is 0.186 e. The van der Waals surface area contributed by atoms with Crippen LogP contribution < -0.4 is 18.9 Å². The molecule has 2 heterocycles. The third-order valence-corrected chi connectivity index (χ3v) is 5.91. The minimum Gasteiger partial charge on any atom is -0.493 e. The fraction of sp³-hybridized carbons (Fsp3) is 0.455. The van der Waals surface area contributed by atoms with E-state index in [9.17, 15) is 5.11 Å². The molecule has 0 aromatic heterocycles. The molecule has 0 fully saturated rings. The van der Waals surface area contributed by atoms with Crippen LogP contribution in [0.3, 0.4) is 0 Å². The zero-order valence-corrected chi connectivity index (χ0v) is 17.4. The average molecular weight is 401 g/mol. The largest absolute Gasteiger partial charge is 0.493 e. The number of methoxy groups -OCH3 is 4. The van der Waals surface area contributed by atoms with Gasteiger partial charge in [0.25, 0.3) is 0 Å². The van der Waals surface area contributed by atoms with E-state index in [1.807, 2.05) is 24.3 Å². The Hall–Kier alpha value is -2.48. The quantitative estimate of drug-likeness (QED) is 0.845. The Morgan fingerprint density at radius 3 is 2.28 bits per heavy atom. The fourth-order valence-corrected chi connectivity index (χ4v) is 4.49. The number of likely N-dealkylation sites (N-methyl/N-ethyl adjacent to an activating group) is 1. The van der Waals surface area contributed by atoms with E-state index < -0.39 is 6.29 Å². The van der Waals surface area contributed by atoms with Gasteiger partial charge in [0.1, 0.15) is 6.10 Å². The predicted molar refractivity (Wildman–Crippen MR) is 107 cm³/mol. The van der Waals surface area contributed by atoms with Crippen LogP contribution in [-0.2, 0) is 11.2 Å². The van der Waals surface area contributed by atoms with E-state index >= 15 is 0 Å². The highest BCUT2D eigenvalue weighted by Crippen LogP contribution is 2.53. The third kappa shape index (κ3) is 3.10. The number of ether oxygens (including phenoxy) is 5. The number of rotatable bonds is 4. The van der Waals surface area contributed by atoms with Crippen molar-refractivity contribution in [2.75, 3.05) is 42.0 Å². The molecule has 0 bridgehead atoms. The summed E-state index contributed by atoms with van der Waals surface area (Å²) in [5, 5.41) is 10.9. The predicted octanol–water partition coefficient (Wildman–Crippen LogP) is 3.01. The van der Waals surface area contributed by atoms with Crippen LogP contribution in [0.1, 0.15) is 40.7 Å². The molecule has 0 saturated carbocycles. The molecule has 4 rings (SSSR count). The number of hydrogen-bond donors (Lipinski definition) is 1. The van der Waals surface area contributed by atoms with E-state index in [0.717, 1.165) is 29.7 Å². The van der Waals surface area contributed by atoms with Crippen LogP contribution in [0, 0.1) is 0 Å². The van der Waals surface area contributed by atoms with Crippen molar-refractivity contribution in [1.29, 1.82) is 0 Å². The fourth-order valence-electron chi connectivity index (χ4n) is 4.49. The SMILES string of the molecule is COc1cc2c(cc1OC)[C@@H]1O[C@@H](O)c3c(ccc(OC)c3OC)[C@@H]1N(C)CC2. The summed E-state index contributed by atoms with van der Waals surface area (Å²) in [5.74, 6) is 2.40. The van der Waals surface area contributed by atoms with Gasteiger partial charge in [-0.25, -0.2) is 0 Å². The van der Waals surface area contributed by atoms with Crippen LogP contribution in [-0.4, -0.2) is 52.0 Å². The molecule has 0 spiro atoms. The topological polar surface area (TPSA) is 69.6 Å². The number of fused-ring (bicyclic) bond motifs is 5. The third-order valence-electron chi connectivity index (χ3n) is 5.91. The zero-order chi connectivity index (χ0) is 20.7. The maximum atomic E-state index is 10.9. The van der Waals surface area contributed by atoms with Crippen molar-refractivity contribution in [2.45, 2.75) is 24.9 Å². The van der Waals surface area contributed by atoms with Gasteiger partial charge >= 0.3 is 0 Å². The lowest BCUT2D eigenvalue weighted by molar-refractivity contribution is -0.174. The summed E-state index contributed by atoms with van der Waals surface area (Å²) >= 11 is 0. The molecule has 0 amide bonds. The van der Waals surface area contributed by atoms with Crippen molar-refractivity contribution >= 4 is 0 Å². The summed E-state index contributed by atoms with van der Waals surface area (Å²) in [7, 11) is 8.47. The monoisotopic (exact) mass is 401 g/mol. The van der Waals surface area contributed by atoms with Gasteiger partial charge in [0, 0.05) is 6.54 Å². The zero-order valence-electron chi connectivity index (χ0n) is 17.4. The maximum absolute atomic E-state index is 10.9. The summed E-state index contributed by atoms with van der Waals surface area (Å²) in [6.07, 6.45) is -0.664. The summed E-state index contributed by atoms with van der Waals surface area (Å²) in [4.78, 5) is 2.25. The Kier molecular flexibility index (Phi) is 5.29. The first-order valence-corrected chi connectivity index (χ1v) is 9.57. The highest BCUT2D eigenvalue weighted by atomic mass is 16.6. The molecule has 7 nitrogen and oxygen atoms in total. The molecular weight excluding hydrogens is 374 g/mol. The molecular formula is C22H27NO6. The molecule has 7 heteroatoms. The van der Waals surface area contributed by atoms with Crippen molar-refractivity contribution < 1.29 is 28.8 Å². The second-order valence-electron chi connectivity index (χ2n) is 7.29. The number of benzene rings is 2. The number of hydrogen-bond acceptors (Lipinski definition) is 7. The lowest BCUT2D eigenvalue weighted by Crippen LogP contribution is -2.35. The molecule has 2 aromatic carbocycles. The summed E-state index contributed by atoms with van der Waals surface area (Å²) in [5.41, 5.74) is 3.70. The standard InChI is InChI=1S/C22H27NO6/c1-23-9-8-12-10-16(26-3)17(27-4)11-14(12)20-19(23)13-6-7-15(25-2)21(28-5)18(13)22(24)29-20/h6-7,10-11,19-20,22,24H,8-9H2,1-5H3/t19-,20-,22+/m0/s1. The van der Waals surface area contributed by atoms with E-state index in [1.54, 1.807) is 28.4 Å². The van der Waals surface area contributed by atoms with Crippen molar-refractivity contribution in [3.05, 3.63) is 46.5 Å². The van der Waals surface area contributed by atoms with Crippen LogP contribution in [0.2, 0.25) is 0 Å². The molecule has 2 aliphatic heterocycles. The van der Waals surface area contributed by atoms with Gasteiger partial charge in [-0.1, -0.05) is 6.07 Å². The van der Waals surface area contributed by atoms with Gasteiger partial charge < -0.3 is 28.8 Å². The molecule has 2 aliphatic rings. The Morgan fingerprint density at radius 1 is 0.931 bits per heavy atom. The van der Waals surface area contributed by atoms with E-state index in [0.29, 0.717) is 28.6 Å². The molecule has 3 atom stereocenters. The van der Waals surface area contributed by atoms with Gasteiger partial charge in [-0.15, -0.1) is 0 Å². The van der Waals surface area contributed by atoms with Crippen LogP contribution in [0.25, 0.3) is 0 Å². The van der Waals surface area contributed by atoms with E-state index in [2.05, 4.69) is 11.9 Å². The van der Waals surface area contributed by atoms with Gasteiger partial charge in [0.05, 0.1) is 40.0 Å². The first kappa shape index (κ1) is 19.8. The molecule has 0 aliphatic carbocycles. The Morgan fingerprint density at radius 2 is 1.62 bits per heavy atom. The van der Waals surface area contributed by atoms with Crippen molar-refractivity contribution in [1.82, 2.24) is 4.90 Å². The molecule has 29 heavy (non-hydrogen) atoms. The second-order valence-corrected chi connectivity index (χ2v) is 7.29. The molecule has 0 saturated heterocycles. The summed E-state index contributed by atoms with van der Waals surface area (Å²) in [6, 6.07) is 7.74. The summed E-state index contributed by atoms with van der Waals surface area (Å²) < 4.78 is 28.2. The van der Waals surface area contributed by atoms with E-state index in [4.69, 9.17) is 23.7 Å². The first-order chi connectivity index (χ1) is 14.0. The van der Waals surface area contributed by atoms with Crippen molar-refractivity contribution in [3.63, 3.8) is 0 Å². The molecule has 2 aromatic rings. The Bertz CT molecular complexity index is 915. The molecule has 1 N–H and O–H groups in total. The normalized spacial score (nSPS) is 23.3. The minimum absolute atomic E-state index is 0.0902. The lowest BCUT2D eigenvalue weighted by Gasteiger charge is -2.40. The Labute approximate surface area is 170 Å². The van der Waals surface area contributed by atoms with E-state index in [1.165, 1.54) is 0 Å². The van der Waals surface area contributed by atoms with Gasteiger partial charge in [-0.2, -0.15) is 0 Å². The van der Waals surface area contributed by atoms with Gasteiger partial charge in [0.2, 0.25) is 0 Å². The van der Waals surface area contributed by atoms with Crippen LogP contribution in [0.15, 0.2) is 24.3 Å². The molecule has 0 radical (unpaired) electrons. The highest BCUT2D eigenvalue weighted by Gasteiger charge is 2.43. The van der Waals surface area contributed by atoms with Crippen LogP contribution in [0.5, 0.6) is 23.0 Å². The lowest BCUT2D eigenvalue weighted by atomic mass is 9.87. The van der Waals surface area contributed by atoms with Crippen molar-refractivity contribution in [3.8, 4) is 23.0 Å². The van der Waals surface area contributed by atoms with Crippen molar-refractivity contribution in [2.24, 2.45) is 0 Å². The van der Waals surface area contributed by atoms with Crippen LogP contribution in [0.4, 0.5) is 0 Å². The highest BCUT2D eigenvalue weighted by molar-refractivity contribution is 5.55. The van der Waals surface area contributed by atoms with Gasteiger partial charge in [0.15, 0.2) is 29.3 Å². The average Bonchev–Trinajstić information content (AvgIpc) is 2.88. The van der Waals surface area contributed by atoms with E-state index in [-0.39, 0.29) is 12.1 Å². The number of aliphatic hydroxyl groups excluding tert-OH is 1. The smallest absolute Gasteiger partial charge is 0.186 e. The van der Waals surface area contributed by atoms with Crippen LogP contribution >= 0.6 is 0 Å². The number of aliphatic hydroxyl groups is 1. The Balaban J connectivity index is 1.90. The van der Waals surface area contributed by atoms with Gasteiger partial charge in [-0.05, 0) is 48.4 Å². The first-order valence-electron chi connectivity index (χ1n) is 9.57. The number of nitrogens with zero attached hydrogens (tertiary/aromatic N) is 1.